The average Bonchev–Trinajstić information content (AvgIpc) is 1.99. The molecule has 0 bridgehead atoms. The Morgan fingerprint density at radius 1 is 1.80 bits per heavy atom. The maximum absolute atomic E-state index is 10.6. The van der Waals surface area contributed by atoms with Crippen molar-refractivity contribution < 1.29 is 14.6 Å². The predicted octanol–water partition coefficient (Wildman–Crippen LogP) is -0.883. The van der Waals surface area contributed by atoms with Crippen LogP contribution in [0.3, 0.4) is 0 Å². The summed E-state index contributed by atoms with van der Waals surface area (Å²) in [5.74, 6) is -0.489. The molecule has 10 heavy (non-hydrogen) atoms. The fourth-order valence-electron chi connectivity index (χ4n) is 0.541. The van der Waals surface area contributed by atoms with Crippen molar-refractivity contribution in [3.8, 4) is 0 Å². The number of esters is 1. The maximum atomic E-state index is 10.6. The van der Waals surface area contributed by atoms with Crippen LogP contribution in [0.15, 0.2) is 0 Å². The molecule has 0 aliphatic heterocycles. The first kappa shape index (κ1) is 9.39. The van der Waals surface area contributed by atoms with E-state index in [2.05, 4.69) is 4.74 Å². The molecule has 0 fully saturated rings. The Kier molecular flexibility index (Phi) is 4.88. The van der Waals surface area contributed by atoms with Crippen LogP contribution in [0.5, 0.6) is 0 Å². The molecule has 0 aromatic carbocycles. The molecule has 0 saturated heterocycles. The van der Waals surface area contributed by atoms with Crippen molar-refractivity contribution in [2.24, 2.45) is 11.7 Å². The summed E-state index contributed by atoms with van der Waals surface area (Å²) in [6.07, 6.45) is 0.198. The van der Waals surface area contributed by atoms with Gasteiger partial charge in [-0.1, -0.05) is 0 Å². The molecule has 3 N–H and O–H groups in total. The fourth-order valence-corrected chi connectivity index (χ4v) is 0.541. The average molecular weight is 147 g/mol. The number of carbonyl (C=O) groups excluding carboxylic acids is 1. The van der Waals surface area contributed by atoms with Crippen LogP contribution in [0.2, 0.25) is 0 Å². The van der Waals surface area contributed by atoms with E-state index < -0.39 is 0 Å². The molecule has 0 aliphatic carbocycles. The van der Waals surface area contributed by atoms with Crippen molar-refractivity contribution in [3.63, 3.8) is 0 Å². The molecule has 0 aliphatic rings. The number of nitrogens with two attached hydrogens (primary N) is 1. The van der Waals surface area contributed by atoms with Crippen LogP contribution in [0.4, 0.5) is 0 Å². The van der Waals surface area contributed by atoms with Gasteiger partial charge in [-0.25, -0.2) is 0 Å². The summed E-state index contributed by atoms with van der Waals surface area (Å²) in [5, 5.41) is 8.58. The Hall–Kier alpha value is -0.610. The van der Waals surface area contributed by atoms with E-state index in [0.29, 0.717) is 6.54 Å². The monoisotopic (exact) mass is 147 g/mol. The van der Waals surface area contributed by atoms with E-state index in [4.69, 9.17) is 10.8 Å². The van der Waals surface area contributed by atoms with E-state index >= 15 is 0 Å². The van der Waals surface area contributed by atoms with E-state index in [-0.39, 0.29) is 24.9 Å². The second-order valence-corrected chi connectivity index (χ2v) is 2.06. The minimum atomic E-state index is -0.329. The molecule has 60 valence electrons. The highest BCUT2D eigenvalue weighted by atomic mass is 16.5. The molecule has 0 amide bonds. The van der Waals surface area contributed by atoms with Crippen LogP contribution in [0.1, 0.15) is 6.42 Å². The SMILES string of the molecule is COC(=O)CC(CN)CO. The van der Waals surface area contributed by atoms with E-state index in [1.165, 1.54) is 7.11 Å². The molecule has 0 rings (SSSR count). The number of hydrogen-bond acceptors (Lipinski definition) is 4. The van der Waals surface area contributed by atoms with Crippen molar-refractivity contribution in [1.29, 1.82) is 0 Å². The molecule has 4 nitrogen and oxygen atoms in total. The second-order valence-electron chi connectivity index (χ2n) is 2.06. The lowest BCUT2D eigenvalue weighted by molar-refractivity contribution is -0.142. The van der Waals surface area contributed by atoms with Crippen molar-refractivity contribution in [3.05, 3.63) is 0 Å². The first-order valence-electron chi connectivity index (χ1n) is 3.12. The molecule has 0 radical (unpaired) electrons. The first-order valence-corrected chi connectivity index (χ1v) is 3.12. The highest BCUT2D eigenvalue weighted by molar-refractivity contribution is 5.69. The van der Waals surface area contributed by atoms with Gasteiger partial charge in [0.25, 0.3) is 0 Å². The lowest BCUT2D eigenvalue weighted by atomic mass is 10.1. The predicted molar refractivity (Wildman–Crippen MR) is 36.3 cm³/mol. The molecule has 1 atom stereocenters. The minimum Gasteiger partial charge on any atom is -0.469 e. The highest BCUT2D eigenvalue weighted by Gasteiger charge is 2.10. The van der Waals surface area contributed by atoms with Crippen molar-refractivity contribution in [1.82, 2.24) is 0 Å². The van der Waals surface area contributed by atoms with Crippen LogP contribution in [-0.4, -0.2) is 31.3 Å². The van der Waals surface area contributed by atoms with E-state index in [1.54, 1.807) is 0 Å². The van der Waals surface area contributed by atoms with Crippen LogP contribution in [0.25, 0.3) is 0 Å². The first-order chi connectivity index (χ1) is 4.74. The number of aliphatic hydroxyl groups is 1. The van der Waals surface area contributed by atoms with E-state index in [9.17, 15) is 4.79 Å². The Morgan fingerprint density at radius 2 is 2.40 bits per heavy atom. The van der Waals surface area contributed by atoms with Gasteiger partial charge in [-0.15, -0.1) is 0 Å². The van der Waals surface area contributed by atoms with Gasteiger partial charge in [0.15, 0.2) is 0 Å². The van der Waals surface area contributed by atoms with Crippen LogP contribution in [-0.2, 0) is 9.53 Å². The Morgan fingerprint density at radius 3 is 2.70 bits per heavy atom. The summed E-state index contributed by atoms with van der Waals surface area (Å²) in [4.78, 5) is 10.6. The molecule has 0 spiro atoms. The quantitative estimate of drug-likeness (QED) is 0.506. The standard InChI is InChI=1S/C6H13NO3/c1-10-6(9)2-5(3-7)4-8/h5,8H,2-4,7H2,1H3. The molecule has 0 heterocycles. The maximum Gasteiger partial charge on any atom is 0.305 e. The van der Waals surface area contributed by atoms with Gasteiger partial charge in [0, 0.05) is 12.5 Å². The van der Waals surface area contributed by atoms with Gasteiger partial charge in [0.1, 0.15) is 0 Å². The van der Waals surface area contributed by atoms with Crippen molar-refractivity contribution in [2.45, 2.75) is 6.42 Å². The fraction of sp³-hybridized carbons (Fsp3) is 0.833. The zero-order chi connectivity index (χ0) is 7.98. The Bertz CT molecular complexity index is 101. The van der Waals surface area contributed by atoms with E-state index in [1.807, 2.05) is 0 Å². The molecular weight excluding hydrogens is 134 g/mol. The van der Waals surface area contributed by atoms with Gasteiger partial charge in [0.05, 0.1) is 13.5 Å². The van der Waals surface area contributed by atoms with E-state index in [0.717, 1.165) is 0 Å². The summed E-state index contributed by atoms with van der Waals surface area (Å²) in [6, 6.07) is 0. The molecule has 1 unspecified atom stereocenters. The third kappa shape index (κ3) is 3.42. The number of ether oxygens (including phenoxy) is 1. The van der Waals surface area contributed by atoms with Gasteiger partial charge < -0.3 is 15.6 Å². The summed E-state index contributed by atoms with van der Waals surface area (Å²) >= 11 is 0. The summed E-state index contributed by atoms with van der Waals surface area (Å²) in [5.41, 5.74) is 5.22. The number of aliphatic hydroxyl groups excluding tert-OH is 1. The zero-order valence-corrected chi connectivity index (χ0v) is 6.04. The number of methoxy groups -OCH3 is 1. The van der Waals surface area contributed by atoms with Crippen LogP contribution < -0.4 is 5.73 Å². The number of hydrogen-bond donors (Lipinski definition) is 2. The molecule has 0 aromatic heterocycles. The van der Waals surface area contributed by atoms with Gasteiger partial charge in [-0.05, 0) is 6.54 Å². The highest BCUT2D eigenvalue weighted by Crippen LogP contribution is 1.99. The van der Waals surface area contributed by atoms with Gasteiger partial charge in [0.2, 0.25) is 0 Å². The van der Waals surface area contributed by atoms with Crippen LogP contribution >= 0.6 is 0 Å². The van der Waals surface area contributed by atoms with Gasteiger partial charge in [-0.3, -0.25) is 4.79 Å². The summed E-state index contributed by atoms with van der Waals surface area (Å²) in [6.45, 7) is 0.247. The minimum absolute atomic E-state index is 0.0639. The largest absolute Gasteiger partial charge is 0.469 e. The molecular formula is C6H13NO3. The topological polar surface area (TPSA) is 72.5 Å². The zero-order valence-electron chi connectivity index (χ0n) is 6.04. The molecule has 4 heteroatoms. The molecule has 0 aromatic rings. The van der Waals surface area contributed by atoms with Crippen LogP contribution in [0, 0.1) is 5.92 Å². The Balaban J connectivity index is 3.52. The van der Waals surface area contributed by atoms with Gasteiger partial charge >= 0.3 is 5.97 Å². The summed E-state index contributed by atoms with van der Waals surface area (Å²) < 4.78 is 4.38. The molecule has 0 saturated carbocycles. The normalized spacial score (nSPS) is 12.7. The summed E-state index contributed by atoms with van der Waals surface area (Å²) in [7, 11) is 1.31. The number of rotatable bonds is 4. The lowest BCUT2D eigenvalue weighted by Gasteiger charge is -2.07. The Labute approximate surface area is 60.0 Å². The van der Waals surface area contributed by atoms with Crippen molar-refractivity contribution in [2.75, 3.05) is 20.3 Å². The lowest BCUT2D eigenvalue weighted by Crippen LogP contribution is -2.21. The smallest absolute Gasteiger partial charge is 0.305 e. The van der Waals surface area contributed by atoms with Crippen molar-refractivity contribution >= 4 is 5.97 Å². The third-order valence-corrected chi connectivity index (χ3v) is 1.27. The third-order valence-electron chi connectivity index (χ3n) is 1.27. The number of carbonyl (C=O) groups is 1. The van der Waals surface area contributed by atoms with Gasteiger partial charge in [-0.2, -0.15) is 0 Å². The second kappa shape index (κ2) is 5.20.